The van der Waals surface area contributed by atoms with Crippen molar-refractivity contribution in [2.45, 2.75) is 26.4 Å². The van der Waals surface area contributed by atoms with E-state index in [2.05, 4.69) is 15.1 Å². The maximum Gasteiger partial charge on any atom is 0.273 e. The van der Waals surface area contributed by atoms with Gasteiger partial charge < -0.3 is 9.88 Å². The Morgan fingerprint density at radius 2 is 2.08 bits per heavy atom. The molecule has 0 unspecified atom stereocenters. The number of carbonyl (C=O) groups excluding carboxylic acids is 1. The number of aryl methyl sites for hydroxylation is 2. The Morgan fingerprint density at radius 1 is 1.33 bits per heavy atom. The van der Waals surface area contributed by atoms with Gasteiger partial charge in [0, 0.05) is 19.4 Å². The highest BCUT2D eigenvalue weighted by atomic mass is 16.2. The number of aromatic amines is 1. The molecular formula is C18H21N5O. The lowest BCUT2D eigenvalue weighted by molar-refractivity contribution is 0.0657. The summed E-state index contributed by atoms with van der Waals surface area (Å²) in [5.74, 6) is 0.691. The minimum absolute atomic E-state index is 0.0640. The van der Waals surface area contributed by atoms with Crippen LogP contribution in [0.25, 0.3) is 0 Å². The molecule has 0 radical (unpaired) electrons. The maximum atomic E-state index is 13.1. The number of nitrogens with one attached hydrogen (secondary N) is 1. The van der Waals surface area contributed by atoms with Crippen molar-refractivity contribution < 1.29 is 4.79 Å². The minimum atomic E-state index is -0.0843. The van der Waals surface area contributed by atoms with E-state index in [1.54, 1.807) is 24.1 Å². The van der Waals surface area contributed by atoms with Crippen LogP contribution in [-0.4, -0.2) is 30.6 Å². The molecule has 1 amide bonds. The molecule has 3 rings (SSSR count). The molecule has 1 atom stereocenters. The van der Waals surface area contributed by atoms with Gasteiger partial charge in [-0.05, 0) is 25.5 Å². The third kappa shape index (κ3) is 3.22. The van der Waals surface area contributed by atoms with Crippen LogP contribution in [0.3, 0.4) is 0 Å². The van der Waals surface area contributed by atoms with Crippen LogP contribution in [0.1, 0.15) is 40.5 Å². The molecule has 0 bridgehead atoms. The van der Waals surface area contributed by atoms with Crippen LogP contribution in [-0.2, 0) is 13.6 Å². The van der Waals surface area contributed by atoms with Crippen molar-refractivity contribution in [3.05, 3.63) is 71.6 Å². The number of nitrogens with zero attached hydrogens (tertiary/aromatic N) is 4. The number of rotatable bonds is 5. The monoisotopic (exact) mass is 323 g/mol. The van der Waals surface area contributed by atoms with Crippen LogP contribution in [0.15, 0.2) is 48.8 Å². The number of carbonyl (C=O) groups is 1. The number of aromatic nitrogens is 4. The summed E-state index contributed by atoms with van der Waals surface area (Å²) in [6.07, 6.45) is 3.46. The van der Waals surface area contributed by atoms with Crippen molar-refractivity contribution in [3.8, 4) is 0 Å². The van der Waals surface area contributed by atoms with Gasteiger partial charge in [0.1, 0.15) is 11.5 Å². The standard InChI is InChI=1S/C18H21N5O/c1-13-11-16(22(3)21-13)18(24)23(12-17-19-9-10-20-17)14(2)15-7-5-4-6-8-15/h4-11,14H,12H2,1-3H3,(H,19,20)/t14-/m1/s1. The summed E-state index contributed by atoms with van der Waals surface area (Å²) in [5.41, 5.74) is 2.48. The lowest BCUT2D eigenvalue weighted by Gasteiger charge is -2.29. The summed E-state index contributed by atoms with van der Waals surface area (Å²) in [6.45, 7) is 4.32. The number of hydrogen-bond donors (Lipinski definition) is 1. The van der Waals surface area contributed by atoms with E-state index in [1.165, 1.54) is 0 Å². The Hall–Kier alpha value is -2.89. The van der Waals surface area contributed by atoms with Gasteiger partial charge in [-0.25, -0.2) is 4.98 Å². The molecule has 6 heteroatoms. The average molecular weight is 323 g/mol. The molecular weight excluding hydrogens is 302 g/mol. The quantitative estimate of drug-likeness (QED) is 0.785. The molecule has 1 aromatic carbocycles. The van der Waals surface area contributed by atoms with Gasteiger partial charge in [-0.3, -0.25) is 9.48 Å². The predicted molar refractivity (Wildman–Crippen MR) is 91.3 cm³/mol. The Kier molecular flexibility index (Phi) is 4.46. The van der Waals surface area contributed by atoms with Gasteiger partial charge in [-0.15, -0.1) is 0 Å². The van der Waals surface area contributed by atoms with Gasteiger partial charge in [0.25, 0.3) is 5.91 Å². The molecule has 124 valence electrons. The third-order valence-corrected chi connectivity index (χ3v) is 4.11. The van der Waals surface area contributed by atoms with Crippen LogP contribution in [0.4, 0.5) is 0 Å². The second-order valence-electron chi connectivity index (χ2n) is 5.85. The molecule has 1 N–H and O–H groups in total. The number of benzene rings is 1. The Bertz CT molecular complexity index is 807. The van der Waals surface area contributed by atoms with Crippen molar-refractivity contribution in [3.63, 3.8) is 0 Å². The van der Waals surface area contributed by atoms with Crippen LogP contribution in [0, 0.1) is 6.92 Å². The van der Waals surface area contributed by atoms with Crippen LogP contribution >= 0.6 is 0 Å². The molecule has 2 heterocycles. The van der Waals surface area contributed by atoms with Gasteiger partial charge >= 0.3 is 0 Å². The molecule has 2 aromatic heterocycles. The second kappa shape index (κ2) is 6.70. The molecule has 0 saturated heterocycles. The fourth-order valence-corrected chi connectivity index (χ4v) is 2.80. The van der Waals surface area contributed by atoms with E-state index >= 15 is 0 Å². The highest BCUT2D eigenvalue weighted by Crippen LogP contribution is 2.24. The van der Waals surface area contributed by atoms with E-state index in [-0.39, 0.29) is 11.9 Å². The first-order chi connectivity index (χ1) is 11.6. The third-order valence-electron chi connectivity index (χ3n) is 4.11. The van der Waals surface area contributed by atoms with E-state index in [9.17, 15) is 4.79 Å². The molecule has 0 fully saturated rings. The topological polar surface area (TPSA) is 66.8 Å². The number of hydrogen-bond acceptors (Lipinski definition) is 3. The van der Waals surface area contributed by atoms with E-state index in [1.807, 2.05) is 55.1 Å². The highest BCUT2D eigenvalue weighted by Gasteiger charge is 2.26. The van der Waals surface area contributed by atoms with Gasteiger partial charge in [0.05, 0.1) is 18.3 Å². The van der Waals surface area contributed by atoms with Gasteiger partial charge in [-0.1, -0.05) is 30.3 Å². The summed E-state index contributed by atoms with van der Waals surface area (Å²) in [6, 6.07) is 11.7. The Balaban J connectivity index is 1.95. The Morgan fingerprint density at radius 3 is 2.67 bits per heavy atom. The van der Waals surface area contributed by atoms with Crippen LogP contribution in [0.2, 0.25) is 0 Å². The smallest absolute Gasteiger partial charge is 0.273 e. The molecule has 0 aliphatic carbocycles. The normalized spacial score (nSPS) is 12.1. The molecule has 0 aliphatic rings. The summed E-state index contributed by atoms with van der Waals surface area (Å²) in [5, 5.41) is 4.29. The first-order valence-electron chi connectivity index (χ1n) is 7.91. The van der Waals surface area contributed by atoms with E-state index in [4.69, 9.17) is 0 Å². The lowest BCUT2D eigenvalue weighted by Crippen LogP contribution is -2.34. The average Bonchev–Trinajstić information content (AvgIpc) is 3.21. The fraction of sp³-hybridized carbons (Fsp3) is 0.278. The molecule has 0 saturated carbocycles. The summed E-state index contributed by atoms with van der Waals surface area (Å²) < 4.78 is 1.63. The summed E-state index contributed by atoms with van der Waals surface area (Å²) in [7, 11) is 1.79. The lowest BCUT2D eigenvalue weighted by atomic mass is 10.1. The number of amides is 1. The second-order valence-corrected chi connectivity index (χ2v) is 5.85. The predicted octanol–water partition coefficient (Wildman–Crippen LogP) is 2.86. The number of H-pyrrole nitrogens is 1. The first kappa shape index (κ1) is 16.0. The van der Waals surface area contributed by atoms with Gasteiger partial charge in [0.15, 0.2) is 0 Å². The number of imidazole rings is 1. The van der Waals surface area contributed by atoms with Crippen molar-refractivity contribution in [1.29, 1.82) is 0 Å². The molecule has 0 aliphatic heterocycles. The van der Waals surface area contributed by atoms with Gasteiger partial charge in [0.2, 0.25) is 0 Å². The van der Waals surface area contributed by atoms with Crippen LogP contribution in [0.5, 0.6) is 0 Å². The van der Waals surface area contributed by atoms with Crippen LogP contribution < -0.4 is 0 Å². The zero-order valence-corrected chi connectivity index (χ0v) is 14.1. The molecule has 6 nitrogen and oxygen atoms in total. The molecule has 3 aromatic rings. The maximum absolute atomic E-state index is 13.1. The van der Waals surface area contributed by atoms with E-state index < -0.39 is 0 Å². The minimum Gasteiger partial charge on any atom is -0.347 e. The first-order valence-corrected chi connectivity index (χ1v) is 7.91. The van der Waals surface area contributed by atoms with Crippen molar-refractivity contribution in [2.24, 2.45) is 7.05 Å². The Labute approximate surface area is 141 Å². The van der Waals surface area contributed by atoms with Crippen molar-refractivity contribution >= 4 is 5.91 Å². The van der Waals surface area contributed by atoms with E-state index in [0.717, 1.165) is 17.1 Å². The van der Waals surface area contributed by atoms with E-state index in [0.29, 0.717) is 12.2 Å². The van der Waals surface area contributed by atoms with Crippen molar-refractivity contribution in [2.75, 3.05) is 0 Å². The zero-order chi connectivity index (χ0) is 17.1. The molecule has 24 heavy (non-hydrogen) atoms. The summed E-state index contributed by atoms with van der Waals surface area (Å²) >= 11 is 0. The summed E-state index contributed by atoms with van der Waals surface area (Å²) in [4.78, 5) is 22.3. The zero-order valence-electron chi connectivity index (χ0n) is 14.1. The highest BCUT2D eigenvalue weighted by molar-refractivity contribution is 5.93. The molecule has 0 spiro atoms. The fourth-order valence-electron chi connectivity index (χ4n) is 2.80. The largest absolute Gasteiger partial charge is 0.347 e. The SMILES string of the molecule is Cc1cc(C(=O)N(Cc2ncc[nH]2)[C@H](C)c2ccccc2)n(C)n1. The van der Waals surface area contributed by atoms with Crippen molar-refractivity contribution in [1.82, 2.24) is 24.6 Å². The van der Waals surface area contributed by atoms with Gasteiger partial charge in [-0.2, -0.15) is 5.10 Å².